The molecule has 2 N–H and O–H groups in total. The first-order valence-corrected chi connectivity index (χ1v) is 13.2. The maximum absolute atomic E-state index is 13.6. The lowest BCUT2D eigenvalue weighted by Gasteiger charge is -2.33. The number of aliphatic hydroxyl groups is 1. The van der Waals surface area contributed by atoms with Crippen molar-refractivity contribution in [3.63, 3.8) is 0 Å². The molecule has 1 atom stereocenters. The lowest BCUT2D eigenvalue weighted by atomic mass is 9.93. The third-order valence-electron chi connectivity index (χ3n) is 6.67. The molecule has 206 valence electrons. The van der Waals surface area contributed by atoms with E-state index in [0.29, 0.717) is 60.1 Å². The van der Waals surface area contributed by atoms with Crippen LogP contribution in [0.3, 0.4) is 0 Å². The van der Waals surface area contributed by atoms with Crippen LogP contribution in [-0.2, 0) is 14.4 Å². The van der Waals surface area contributed by atoms with Crippen LogP contribution in [-0.4, -0.2) is 59.6 Å². The summed E-state index contributed by atoms with van der Waals surface area (Å²) in [6.07, 6.45) is -0.210. The van der Waals surface area contributed by atoms with Crippen molar-refractivity contribution in [2.75, 3.05) is 31.6 Å². The zero-order valence-corrected chi connectivity index (χ0v) is 23.2. The smallest absolute Gasteiger partial charge is 0.306 e. The van der Waals surface area contributed by atoms with Crippen molar-refractivity contribution in [3.8, 4) is 5.75 Å². The number of carboxylic acid groups (broad SMARTS) is 1. The van der Waals surface area contributed by atoms with Crippen molar-refractivity contribution in [1.82, 2.24) is 4.90 Å². The van der Waals surface area contributed by atoms with Gasteiger partial charge in [-0.3, -0.25) is 14.4 Å². The molecule has 0 saturated carbocycles. The fourth-order valence-electron chi connectivity index (χ4n) is 4.65. The third-order valence-corrected chi connectivity index (χ3v) is 6.90. The number of hydrogen-bond donors (Lipinski definition) is 2. The van der Waals surface area contributed by atoms with Crippen LogP contribution >= 0.6 is 11.6 Å². The minimum Gasteiger partial charge on any atom is -0.497 e. The molecule has 38 heavy (non-hydrogen) atoms. The van der Waals surface area contributed by atoms with Crippen molar-refractivity contribution < 1.29 is 29.3 Å². The number of rotatable bonds is 9. The fraction of sp³-hybridized carbons (Fsp3) is 0.483. The molecule has 1 aliphatic rings. The van der Waals surface area contributed by atoms with E-state index in [1.54, 1.807) is 59.4 Å². The van der Waals surface area contributed by atoms with Crippen LogP contribution in [0.2, 0.25) is 5.02 Å². The van der Waals surface area contributed by atoms with E-state index < -0.39 is 18.0 Å². The largest absolute Gasteiger partial charge is 0.497 e. The molecule has 1 saturated heterocycles. The van der Waals surface area contributed by atoms with E-state index in [1.165, 1.54) is 0 Å². The number of nitrogens with zero attached hydrogens (tertiary/aromatic N) is 2. The molecule has 0 spiro atoms. The van der Waals surface area contributed by atoms with Gasteiger partial charge in [-0.2, -0.15) is 0 Å². The first-order chi connectivity index (χ1) is 17.9. The van der Waals surface area contributed by atoms with Crippen LogP contribution in [0.4, 0.5) is 5.69 Å². The van der Waals surface area contributed by atoms with Gasteiger partial charge in [0.1, 0.15) is 11.9 Å². The van der Waals surface area contributed by atoms with Crippen LogP contribution in [0.25, 0.3) is 0 Å². The Morgan fingerprint density at radius 2 is 1.79 bits per heavy atom. The summed E-state index contributed by atoms with van der Waals surface area (Å²) in [5.41, 5.74) is 1.33. The summed E-state index contributed by atoms with van der Waals surface area (Å²) in [4.78, 5) is 40.9. The van der Waals surface area contributed by atoms with Crippen LogP contribution in [0.1, 0.15) is 63.7 Å². The molecule has 2 aromatic rings. The van der Waals surface area contributed by atoms with Gasteiger partial charge in [-0.15, -0.1) is 0 Å². The predicted octanol–water partition coefficient (Wildman–Crippen LogP) is 4.91. The van der Waals surface area contributed by atoms with Gasteiger partial charge in [0.2, 0.25) is 11.8 Å². The van der Waals surface area contributed by atoms with E-state index in [9.17, 15) is 24.6 Å². The maximum Gasteiger partial charge on any atom is 0.306 e. The normalized spacial score (nSPS) is 15.2. The second kappa shape index (κ2) is 12.6. The number of hydrogen-bond acceptors (Lipinski definition) is 5. The van der Waals surface area contributed by atoms with Gasteiger partial charge in [-0.25, -0.2) is 0 Å². The number of carboxylic acids is 1. The average molecular weight is 545 g/mol. The highest BCUT2D eigenvalue weighted by Gasteiger charge is 2.30. The van der Waals surface area contributed by atoms with E-state index in [1.807, 2.05) is 20.8 Å². The molecule has 2 amide bonds. The Morgan fingerprint density at radius 1 is 1.11 bits per heavy atom. The Hall–Kier alpha value is -3.10. The lowest BCUT2D eigenvalue weighted by Crippen LogP contribution is -2.42. The second-order valence-electron chi connectivity index (χ2n) is 10.9. The molecular formula is C29H37ClN2O6. The molecule has 0 radical (unpaired) electrons. The van der Waals surface area contributed by atoms with E-state index in [4.69, 9.17) is 16.3 Å². The van der Waals surface area contributed by atoms with Crippen molar-refractivity contribution in [3.05, 3.63) is 58.6 Å². The molecule has 9 heteroatoms. The molecular weight excluding hydrogens is 508 g/mol. The highest BCUT2D eigenvalue weighted by atomic mass is 35.5. The molecule has 1 unspecified atom stereocenters. The molecule has 0 bridgehead atoms. The van der Waals surface area contributed by atoms with E-state index in [0.717, 1.165) is 0 Å². The number of aliphatic carboxylic acids is 1. The number of benzene rings is 2. The highest BCUT2D eigenvalue weighted by molar-refractivity contribution is 6.30. The molecule has 1 aliphatic heterocycles. The van der Waals surface area contributed by atoms with Crippen LogP contribution < -0.4 is 9.64 Å². The van der Waals surface area contributed by atoms with E-state index in [-0.39, 0.29) is 30.1 Å². The van der Waals surface area contributed by atoms with Crippen molar-refractivity contribution in [2.24, 2.45) is 11.3 Å². The van der Waals surface area contributed by atoms with Gasteiger partial charge < -0.3 is 24.7 Å². The van der Waals surface area contributed by atoms with Gasteiger partial charge in [-0.05, 0) is 54.2 Å². The highest BCUT2D eigenvalue weighted by Crippen LogP contribution is 2.36. The minimum atomic E-state index is -1.06. The first kappa shape index (κ1) is 29.5. The van der Waals surface area contributed by atoms with E-state index >= 15 is 0 Å². The van der Waals surface area contributed by atoms with Gasteiger partial charge in [0.05, 0.1) is 13.0 Å². The molecule has 0 aromatic heterocycles. The standard InChI is InChI=1S/C29H37ClN2O6/c1-29(2,3)18-32(26(34)11-10-25(33)31-14-12-19(13-15-31)28(36)37)24-9-8-21(30)17-23(24)27(35)20-6-5-7-22(16-20)38-4/h5-9,16-17,19,27,35H,10-15,18H2,1-4H3,(H,36,37). The van der Waals surface area contributed by atoms with Gasteiger partial charge in [0.25, 0.3) is 0 Å². The summed E-state index contributed by atoms with van der Waals surface area (Å²) in [5.74, 6) is -1.07. The summed E-state index contributed by atoms with van der Waals surface area (Å²) in [6, 6.07) is 12.1. The number of amides is 2. The minimum absolute atomic E-state index is 0.00884. The lowest BCUT2D eigenvalue weighted by molar-refractivity contribution is -0.145. The average Bonchev–Trinajstić information content (AvgIpc) is 2.89. The number of carbonyl (C=O) groups excluding carboxylic acids is 2. The van der Waals surface area contributed by atoms with E-state index in [2.05, 4.69) is 0 Å². The van der Waals surface area contributed by atoms with Crippen LogP contribution in [0, 0.1) is 11.3 Å². The van der Waals surface area contributed by atoms with Crippen molar-refractivity contribution in [2.45, 2.75) is 52.6 Å². The Balaban J connectivity index is 1.83. The molecule has 8 nitrogen and oxygen atoms in total. The Morgan fingerprint density at radius 3 is 2.39 bits per heavy atom. The number of carbonyl (C=O) groups is 3. The van der Waals surface area contributed by atoms with Crippen LogP contribution in [0.5, 0.6) is 5.75 Å². The summed E-state index contributed by atoms with van der Waals surface area (Å²) in [6.45, 7) is 7.16. The number of ether oxygens (including phenoxy) is 1. The number of halogens is 1. The van der Waals surface area contributed by atoms with Gasteiger partial charge in [0, 0.05) is 48.7 Å². The molecule has 1 heterocycles. The summed E-state index contributed by atoms with van der Waals surface area (Å²) < 4.78 is 5.30. The zero-order valence-electron chi connectivity index (χ0n) is 22.4. The number of likely N-dealkylation sites (tertiary alicyclic amines) is 1. The molecule has 2 aromatic carbocycles. The predicted molar refractivity (Wildman–Crippen MR) is 146 cm³/mol. The maximum atomic E-state index is 13.6. The quantitative estimate of drug-likeness (QED) is 0.464. The molecule has 3 rings (SSSR count). The number of anilines is 1. The fourth-order valence-corrected chi connectivity index (χ4v) is 4.83. The Labute approximate surface area is 229 Å². The first-order valence-electron chi connectivity index (χ1n) is 12.8. The monoisotopic (exact) mass is 544 g/mol. The topological polar surface area (TPSA) is 107 Å². The summed E-state index contributed by atoms with van der Waals surface area (Å²) in [5, 5.41) is 21.0. The van der Waals surface area contributed by atoms with Gasteiger partial charge >= 0.3 is 5.97 Å². The third kappa shape index (κ3) is 7.71. The summed E-state index contributed by atoms with van der Waals surface area (Å²) in [7, 11) is 1.55. The van der Waals surface area contributed by atoms with Crippen molar-refractivity contribution in [1.29, 1.82) is 0 Å². The molecule has 1 fully saturated rings. The number of piperidine rings is 1. The number of aliphatic hydroxyl groups excluding tert-OH is 1. The zero-order chi connectivity index (χ0) is 28.0. The Kier molecular flexibility index (Phi) is 9.79. The van der Waals surface area contributed by atoms with Gasteiger partial charge in [0.15, 0.2) is 0 Å². The van der Waals surface area contributed by atoms with Gasteiger partial charge in [-0.1, -0.05) is 44.5 Å². The Bertz CT molecular complexity index is 1150. The second-order valence-corrected chi connectivity index (χ2v) is 11.4. The van der Waals surface area contributed by atoms with Crippen LogP contribution in [0.15, 0.2) is 42.5 Å². The molecule has 0 aliphatic carbocycles. The number of methoxy groups -OCH3 is 1. The summed E-state index contributed by atoms with van der Waals surface area (Å²) >= 11 is 6.32. The SMILES string of the molecule is COc1cccc(C(O)c2cc(Cl)ccc2N(CC(C)(C)C)C(=O)CCC(=O)N2CCC(C(=O)O)CC2)c1. The van der Waals surface area contributed by atoms with Crippen molar-refractivity contribution >= 4 is 35.1 Å².